The van der Waals surface area contributed by atoms with Gasteiger partial charge < -0.3 is 15.2 Å². The van der Waals surface area contributed by atoms with Crippen molar-refractivity contribution in [1.29, 1.82) is 0 Å². The number of anilines is 2. The second kappa shape index (κ2) is 13.0. The highest BCUT2D eigenvalue weighted by atomic mass is 32.2. The minimum absolute atomic E-state index is 0.0512. The van der Waals surface area contributed by atoms with Gasteiger partial charge in [-0.1, -0.05) is 24.2 Å². The molecule has 0 bridgehead atoms. The number of halogens is 3. The second-order valence-electron chi connectivity index (χ2n) is 8.69. The number of ether oxygens (including phenoxy) is 1. The Labute approximate surface area is 229 Å². The predicted octanol–water partition coefficient (Wildman–Crippen LogP) is 5.73. The summed E-state index contributed by atoms with van der Waals surface area (Å²) in [6.07, 6.45) is 2.40. The van der Waals surface area contributed by atoms with Crippen LogP contribution < -0.4 is 14.8 Å². The summed E-state index contributed by atoms with van der Waals surface area (Å²) >= 11 is 1.43. The van der Waals surface area contributed by atoms with Crippen LogP contribution in [0.3, 0.4) is 0 Å². The van der Waals surface area contributed by atoms with Crippen molar-refractivity contribution in [3.05, 3.63) is 47.9 Å². The molecule has 2 heterocycles. The monoisotopic (exact) mass is 584 g/mol. The maximum absolute atomic E-state index is 13.1. The number of hydrogen-bond donors (Lipinski definition) is 3. The molecule has 1 atom stereocenters. The molecule has 1 aliphatic rings. The maximum Gasteiger partial charge on any atom is 0.490 e. The molecule has 1 aromatic carbocycles. The van der Waals surface area contributed by atoms with Gasteiger partial charge in [0.05, 0.1) is 29.6 Å². The number of alkyl halides is 3. The Balaban J connectivity index is 0.000000532. The second-order valence-corrected chi connectivity index (χ2v) is 10.9. The van der Waals surface area contributed by atoms with Crippen molar-refractivity contribution in [2.75, 3.05) is 17.1 Å². The van der Waals surface area contributed by atoms with E-state index in [9.17, 15) is 22.2 Å². The van der Waals surface area contributed by atoms with Crippen molar-refractivity contribution < 1.29 is 36.8 Å². The van der Waals surface area contributed by atoms with Gasteiger partial charge in [0.25, 0.3) is 0 Å². The van der Waals surface area contributed by atoms with Crippen LogP contribution >= 0.6 is 11.3 Å². The molecule has 39 heavy (non-hydrogen) atoms. The Morgan fingerprint density at radius 1 is 1.15 bits per heavy atom. The van der Waals surface area contributed by atoms with Crippen LogP contribution in [0.4, 0.5) is 24.0 Å². The number of aliphatic carboxylic acids is 1. The Bertz CT molecular complexity index is 1360. The number of carboxylic acids is 1. The Kier molecular flexibility index (Phi) is 10.0. The van der Waals surface area contributed by atoms with Gasteiger partial charge in [0.15, 0.2) is 16.1 Å². The summed E-state index contributed by atoms with van der Waals surface area (Å²) in [5, 5.41) is 10.7. The van der Waals surface area contributed by atoms with E-state index in [1.165, 1.54) is 11.3 Å². The highest BCUT2D eigenvalue weighted by molar-refractivity contribution is 7.86. The van der Waals surface area contributed by atoms with Gasteiger partial charge in [-0.2, -0.15) is 13.2 Å². The van der Waals surface area contributed by atoms with Crippen LogP contribution in [0.2, 0.25) is 0 Å². The van der Waals surface area contributed by atoms with E-state index in [0.29, 0.717) is 21.5 Å². The average molecular weight is 585 g/mol. The summed E-state index contributed by atoms with van der Waals surface area (Å²) in [4.78, 5) is 31.5. The van der Waals surface area contributed by atoms with Crippen molar-refractivity contribution in [3.8, 4) is 16.2 Å². The van der Waals surface area contributed by atoms with Gasteiger partial charge in [-0.05, 0) is 62.1 Å². The number of hydrogen-bond acceptors (Lipinski definition) is 7. The molecule has 4 rings (SSSR count). The quantitative estimate of drug-likeness (QED) is 0.323. The molecule has 0 aliphatic heterocycles. The maximum atomic E-state index is 13.1. The number of thiazole rings is 1. The summed E-state index contributed by atoms with van der Waals surface area (Å²) in [6, 6.07) is 7.44. The molecule has 0 spiro atoms. The van der Waals surface area contributed by atoms with E-state index >= 15 is 0 Å². The molecule has 2 aromatic heterocycles. The first-order chi connectivity index (χ1) is 18.4. The molecule has 1 aliphatic carbocycles. The van der Waals surface area contributed by atoms with Crippen LogP contribution in [-0.2, 0) is 20.6 Å². The number of carbonyl (C=O) groups excluding carboxylic acids is 1. The highest BCUT2D eigenvalue weighted by Gasteiger charge is 2.38. The van der Waals surface area contributed by atoms with Gasteiger partial charge in [0, 0.05) is 12.1 Å². The molecule has 1 amide bonds. The molecule has 3 N–H and O–H groups in total. The van der Waals surface area contributed by atoms with E-state index in [-0.39, 0.29) is 11.8 Å². The average Bonchev–Trinajstić information content (AvgIpc) is 3.53. The number of carboxylic acid groups (broad SMARTS) is 1. The largest absolute Gasteiger partial charge is 0.495 e. The van der Waals surface area contributed by atoms with Crippen LogP contribution in [0.5, 0.6) is 5.75 Å². The number of benzene rings is 1. The molecule has 0 saturated heterocycles. The van der Waals surface area contributed by atoms with Gasteiger partial charge in [-0.15, -0.1) is 0 Å². The van der Waals surface area contributed by atoms with E-state index in [0.717, 1.165) is 47.4 Å². The van der Waals surface area contributed by atoms with Crippen LogP contribution in [0.25, 0.3) is 10.4 Å². The van der Waals surface area contributed by atoms with E-state index in [2.05, 4.69) is 20.0 Å². The third-order valence-corrected chi connectivity index (χ3v) is 7.97. The van der Waals surface area contributed by atoms with Crippen molar-refractivity contribution in [1.82, 2.24) is 9.97 Å². The fourth-order valence-electron chi connectivity index (χ4n) is 3.85. The zero-order valence-corrected chi connectivity index (χ0v) is 22.9. The lowest BCUT2D eigenvalue weighted by atomic mass is 10.1. The third-order valence-electron chi connectivity index (χ3n) is 5.71. The van der Waals surface area contributed by atoms with Crippen molar-refractivity contribution in [3.63, 3.8) is 0 Å². The summed E-state index contributed by atoms with van der Waals surface area (Å²) in [5.74, 6) is -2.10. The first-order valence-corrected chi connectivity index (χ1v) is 13.7. The number of pyridine rings is 1. The first kappa shape index (κ1) is 30.0. The summed E-state index contributed by atoms with van der Waals surface area (Å²) in [7, 11) is 0.00473. The molecule has 210 valence electrons. The third kappa shape index (κ3) is 8.23. The highest BCUT2D eigenvalue weighted by Crippen LogP contribution is 2.37. The Morgan fingerprint density at radius 3 is 2.41 bits per heavy atom. The SMILES string of the molecule is COc1ccc(-c2sc(NC(=O)C3CCCC3)nc2C)cc1S(=O)Nc1cncc(C)c1.O=C(O)C(F)(F)F. The van der Waals surface area contributed by atoms with Crippen LogP contribution in [0.1, 0.15) is 36.9 Å². The summed E-state index contributed by atoms with van der Waals surface area (Å²) < 4.78 is 53.3. The van der Waals surface area contributed by atoms with E-state index in [4.69, 9.17) is 14.6 Å². The lowest BCUT2D eigenvalue weighted by molar-refractivity contribution is -0.192. The number of amides is 1. The molecular formula is C25H27F3N4O5S2. The molecular weight excluding hydrogens is 557 g/mol. The molecule has 1 fully saturated rings. The summed E-state index contributed by atoms with van der Waals surface area (Å²) in [5.41, 5.74) is 3.32. The van der Waals surface area contributed by atoms with Crippen molar-refractivity contribution in [2.45, 2.75) is 50.6 Å². The zero-order valence-electron chi connectivity index (χ0n) is 21.3. The molecule has 1 saturated carbocycles. The number of nitrogens with zero attached hydrogens (tertiary/aromatic N) is 2. The van der Waals surface area contributed by atoms with Gasteiger partial charge in [-0.25, -0.2) is 14.0 Å². The van der Waals surface area contributed by atoms with E-state index < -0.39 is 23.1 Å². The lowest BCUT2D eigenvalue weighted by Crippen LogP contribution is -2.21. The first-order valence-electron chi connectivity index (χ1n) is 11.8. The topological polar surface area (TPSA) is 131 Å². The number of nitrogens with one attached hydrogen (secondary N) is 2. The minimum Gasteiger partial charge on any atom is -0.495 e. The smallest absolute Gasteiger partial charge is 0.490 e. The standard InChI is InChI=1S/C23H26N4O3S2.C2HF3O2/c1-14-10-18(13-24-12-14)27-32(29)20-11-17(8-9-19(20)30-3)21-15(2)25-23(31-21)26-22(28)16-6-4-5-7-16;3-2(4,5)1(6)7/h8-13,16,27H,4-7H2,1-3H3,(H,25,26,28);(H,6,7). The Hall–Kier alpha value is -3.52. The molecule has 9 nitrogen and oxygen atoms in total. The van der Waals surface area contributed by atoms with Gasteiger partial charge >= 0.3 is 12.1 Å². The fraction of sp³-hybridized carbons (Fsp3) is 0.360. The Morgan fingerprint density at radius 2 is 1.82 bits per heavy atom. The van der Waals surface area contributed by atoms with Gasteiger partial charge in [0.1, 0.15) is 10.6 Å². The predicted molar refractivity (Wildman–Crippen MR) is 142 cm³/mol. The normalized spacial score (nSPS) is 14.2. The minimum atomic E-state index is -5.08. The zero-order chi connectivity index (χ0) is 28.7. The molecule has 14 heteroatoms. The number of aryl methyl sites for hydroxylation is 2. The lowest BCUT2D eigenvalue weighted by Gasteiger charge is -2.12. The van der Waals surface area contributed by atoms with Crippen molar-refractivity contribution in [2.24, 2.45) is 5.92 Å². The van der Waals surface area contributed by atoms with E-state index in [1.807, 2.05) is 32.0 Å². The van der Waals surface area contributed by atoms with Crippen molar-refractivity contribution >= 4 is 45.0 Å². The number of methoxy groups -OCH3 is 1. The number of rotatable bonds is 7. The fourth-order valence-corrected chi connectivity index (χ4v) is 5.82. The molecule has 1 unspecified atom stereocenters. The van der Waals surface area contributed by atoms with Gasteiger partial charge in [0.2, 0.25) is 5.91 Å². The van der Waals surface area contributed by atoms with Crippen LogP contribution in [-0.4, -0.2) is 44.4 Å². The van der Waals surface area contributed by atoms with Crippen LogP contribution in [0, 0.1) is 19.8 Å². The van der Waals surface area contributed by atoms with E-state index in [1.54, 1.807) is 25.6 Å². The molecule has 0 radical (unpaired) electrons. The number of aromatic nitrogens is 2. The summed E-state index contributed by atoms with van der Waals surface area (Å²) in [6.45, 7) is 3.84. The van der Waals surface area contributed by atoms with Gasteiger partial charge in [-0.3, -0.25) is 14.5 Å². The van der Waals surface area contributed by atoms with Crippen LogP contribution in [0.15, 0.2) is 41.6 Å². The number of carbonyl (C=O) groups is 2. The molecule has 3 aromatic rings.